The number of benzene rings is 1. The van der Waals surface area contributed by atoms with Crippen LogP contribution in [0.1, 0.15) is 31.2 Å². The van der Waals surface area contributed by atoms with Gasteiger partial charge in [0, 0.05) is 20.1 Å². The fourth-order valence-corrected chi connectivity index (χ4v) is 4.14. The van der Waals surface area contributed by atoms with E-state index in [1.807, 2.05) is 24.3 Å². The fraction of sp³-hybridized carbons (Fsp3) is 0.816. The van der Waals surface area contributed by atoms with Gasteiger partial charge in [-0.25, -0.2) is 0 Å². The minimum atomic E-state index is -0.226. The lowest BCUT2D eigenvalue weighted by Gasteiger charge is -2.09. The molecule has 0 amide bonds. The molecule has 0 aliphatic heterocycles. The SMILES string of the molecule is COCCOCCOCCOCCOCCOCCOCCOCCOCCOCCOCCOCCOc1ccc(COC(=O)CCCCCO)cc1. The molecule has 1 aromatic rings. The molecule has 0 fully saturated rings. The third kappa shape index (κ3) is 36.9. The smallest absolute Gasteiger partial charge is 0.306 e. The molecule has 1 aromatic carbocycles. The van der Waals surface area contributed by atoms with Crippen molar-refractivity contribution in [3.05, 3.63) is 29.8 Å². The van der Waals surface area contributed by atoms with E-state index >= 15 is 0 Å². The Labute approximate surface area is 322 Å². The van der Waals surface area contributed by atoms with Gasteiger partial charge in [-0.05, 0) is 30.5 Å². The molecule has 0 saturated heterocycles. The van der Waals surface area contributed by atoms with Gasteiger partial charge < -0.3 is 71.4 Å². The molecule has 54 heavy (non-hydrogen) atoms. The maximum Gasteiger partial charge on any atom is 0.306 e. The summed E-state index contributed by atoms with van der Waals surface area (Å²) in [6, 6.07) is 7.42. The minimum absolute atomic E-state index is 0.151. The molecule has 0 atom stereocenters. The number of ether oxygens (including phenoxy) is 14. The largest absolute Gasteiger partial charge is 0.491 e. The first-order valence-corrected chi connectivity index (χ1v) is 19.1. The predicted octanol–water partition coefficient (Wildman–Crippen LogP) is 2.49. The summed E-state index contributed by atoms with van der Waals surface area (Å²) >= 11 is 0. The number of rotatable bonds is 44. The van der Waals surface area contributed by atoms with Gasteiger partial charge in [-0.1, -0.05) is 18.6 Å². The fourth-order valence-electron chi connectivity index (χ4n) is 4.14. The highest BCUT2D eigenvalue weighted by atomic mass is 16.6. The summed E-state index contributed by atoms with van der Waals surface area (Å²) in [5.41, 5.74) is 0.894. The summed E-state index contributed by atoms with van der Waals surface area (Å²) in [6.07, 6.45) is 2.62. The summed E-state index contributed by atoms with van der Waals surface area (Å²) < 4.78 is 76.0. The topological polar surface area (TPSA) is 167 Å². The van der Waals surface area contributed by atoms with Gasteiger partial charge in [0.2, 0.25) is 0 Å². The van der Waals surface area contributed by atoms with Crippen molar-refractivity contribution in [1.29, 1.82) is 0 Å². The maximum absolute atomic E-state index is 11.8. The first-order chi connectivity index (χ1) is 26.8. The first kappa shape index (κ1) is 50.0. The van der Waals surface area contributed by atoms with Gasteiger partial charge in [-0.2, -0.15) is 0 Å². The van der Waals surface area contributed by atoms with Crippen molar-refractivity contribution in [2.75, 3.05) is 172 Å². The number of hydrogen-bond acceptors (Lipinski definition) is 16. The van der Waals surface area contributed by atoms with E-state index in [9.17, 15) is 4.79 Å². The number of carbonyl (C=O) groups excluding carboxylic acids is 1. The molecule has 0 aliphatic rings. The molecule has 0 aromatic heterocycles. The second kappa shape index (κ2) is 42.1. The van der Waals surface area contributed by atoms with Gasteiger partial charge in [0.05, 0.1) is 152 Å². The Morgan fingerprint density at radius 2 is 0.778 bits per heavy atom. The van der Waals surface area contributed by atoms with Crippen LogP contribution in [-0.2, 0) is 73.0 Å². The average Bonchev–Trinajstić information content (AvgIpc) is 3.19. The summed E-state index contributed by atoms with van der Waals surface area (Å²) in [5, 5.41) is 8.77. The van der Waals surface area contributed by atoms with Crippen LogP contribution >= 0.6 is 0 Å². The molecule has 0 aliphatic carbocycles. The molecule has 1 N–H and O–H groups in total. The van der Waals surface area contributed by atoms with Crippen LogP contribution in [0.4, 0.5) is 0 Å². The zero-order chi connectivity index (χ0) is 38.7. The normalized spacial score (nSPS) is 11.4. The molecule has 0 radical (unpaired) electrons. The summed E-state index contributed by atoms with van der Waals surface area (Å²) in [4.78, 5) is 11.8. The third-order valence-electron chi connectivity index (χ3n) is 7.01. The van der Waals surface area contributed by atoms with E-state index in [1.54, 1.807) is 7.11 Å². The summed E-state index contributed by atoms with van der Waals surface area (Å²) in [6.45, 7) is 12.4. The number of aliphatic hydroxyl groups excluding tert-OH is 1. The third-order valence-corrected chi connectivity index (χ3v) is 7.01. The van der Waals surface area contributed by atoms with Crippen molar-refractivity contribution in [3.8, 4) is 5.75 Å². The standard InChI is InChI=1S/C38H68O16/c1-41-11-12-42-13-14-43-15-16-44-17-18-45-19-20-46-21-22-47-23-24-48-25-26-49-27-28-50-29-30-51-31-32-52-33-34-53-37-8-6-36(7-9-37)35-54-38(40)5-3-2-4-10-39/h6-9,39H,2-5,10-35H2,1H3. The van der Waals surface area contributed by atoms with Crippen LogP contribution in [0.3, 0.4) is 0 Å². The van der Waals surface area contributed by atoms with Crippen molar-refractivity contribution in [3.63, 3.8) is 0 Å². The van der Waals surface area contributed by atoms with Crippen LogP contribution in [0.15, 0.2) is 24.3 Å². The van der Waals surface area contributed by atoms with Gasteiger partial charge in [-0.15, -0.1) is 0 Å². The van der Waals surface area contributed by atoms with Crippen LogP contribution < -0.4 is 4.74 Å². The number of esters is 1. The van der Waals surface area contributed by atoms with Crippen molar-refractivity contribution in [2.24, 2.45) is 0 Å². The highest BCUT2D eigenvalue weighted by Crippen LogP contribution is 2.13. The van der Waals surface area contributed by atoms with E-state index in [2.05, 4.69) is 0 Å². The van der Waals surface area contributed by atoms with Crippen molar-refractivity contribution in [2.45, 2.75) is 32.3 Å². The number of aliphatic hydroxyl groups is 1. The molecule has 0 bridgehead atoms. The lowest BCUT2D eigenvalue weighted by Crippen LogP contribution is -2.15. The molecule has 16 nitrogen and oxygen atoms in total. The first-order valence-electron chi connectivity index (χ1n) is 19.1. The molecule has 0 spiro atoms. The monoisotopic (exact) mass is 780 g/mol. The predicted molar refractivity (Wildman–Crippen MR) is 198 cm³/mol. The highest BCUT2D eigenvalue weighted by molar-refractivity contribution is 5.69. The Balaban J connectivity index is 1.70. The minimum Gasteiger partial charge on any atom is -0.491 e. The van der Waals surface area contributed by atoms with Gasteiger partial charge in [-0.3, -0.25) is 4.79 Å². The second-order valence-electron chi connectivity index (χ2n) is 11.4. The molecule has 316 valence electrons. The van der Waals surface area contributed by atoms with E-state index < -0.39 is 0 Å². The van der Waals surface area contributed by atoms with Crippen LogP contribution in [0.2, 0.25) is 0 Å². The maximum atomic E-state index is 11.8. The van der Waals surface area contributed by atoms with E-state index in [0.717, 1.165) is 24.2 Å². The Morgan fingerprint density at radius 3 is 1.11 bits per heavy atom. The van der Waals surface area contributed by atoms with Crippen LogP contribution in [-0.4, -0.2) is 183 Å². The summed E-state index contributed by atoms with van der Waals surface area (Å²) in [5.74, 6) is 0.494. The number of methoxy groups -OCH3 is 1. The zero-order valence-electron chi connectivity index (χ0n) is 32.6. The van der Waals surface area contributed by atoms with E-state index in [-0.39, 0.29) is 19.2 Å². The number of hydrogen-bond donors (Lipinski definition) is 1. The van der Waals surface area contributed by atoms with Crippen molar-refractivity contribution >= 4 is 5.97 Å². The Morgan fingerprint density at radius 1 is 0.444 bits per heavy atom. The molecule has 16 heteroatoms. The van der Waals surface area contributed by atoms with Gasteiger partial charge in [0.15, 0.2) is 0 Å². The lowest BCUT2D eigenvalue weighted by atomic mass is 10.2. The molecular formula is C38H68O16. The molecule has 0 saturated carbocycles. The highest BCUT2D eigenvalue weighted by Gasteiger charge is 2.04. The second-order valence-corrected chi connectivity index (χ2v) is 11.4. The van der Waals surface area contributed by atoms with Gasteiger partial charge in [0.1, 0.15) is 19.0 Å². The van der Waals surface area contributed by atoms with E-state index in [4.69, 9.17) is 71.4 Å². The van der Waals surface area contributed by atoms with Crippen LogP contribution in [0.5, 0.6) is 5.75 Å². The molecular weight excluding hydrogens is 712 g/mol. The Bertz CT molecular complexity index is 895. The average molecular weight is 781 g/mol. The van der Waals surface area contributed by atoms with Crippen molar-refractivity contribution in [1.82, 2.24) is 0 Å². The Hall–Kier alpha value is -2.03. The lowest BCUT2D eigenvalue weighted by molar-refractivity contribution is -0.145. The number of unbranched alkanes of at least 4 members (excludes halogenated alkanes) is 2. The quantitative estimate of drug-likeness (QED) is 0.0758. The van der Waals surface area contributed by atoms with E-state index in [1.165, 1.54) is 0 Å². The van der Waals surface area contributed by atoms with E-state index in [0.29, 0.717) is 171 Å². The van der Waals surface area contributed by atoms with Crippen LogP contribution in [0, 0.1) is 0 Å². The summed E-state index contributed by atoms with van der Waals surface area (Å²) in [7, 11) is 1.64. The number of carbonyl (C=O) groups is 1. The molecule has 0 heterocycles. The van der Waals surface area contributed by atoms with Crippen LogP contribution in [0.25, 0.3) is 0 Å². The van der Waals surface area contributed by atoms with Crippen molar-refractivity contribution < 1.29 is 76.2 Å². The zero-order valence-corrected chi connectivity index (χ0v) is 32.6. The molecule has 1 rings (SSSR count). The molecule has 0 unspecified atom stereocenters. The van der Waals surface area contributed by atoms with Gasteiger partial charge >= 0.3 is 5.97 Å². The Kier molecular flexibility index (Phi) is 39.0. The van der Waals surface area contributed by atoms with Gasteiger partial charge in [0.25, 0.3) is 0 Å².